The van der Waals surface area contributed by atoms with E-state index in [-0.39, 0.29) is 6.10 Å². The van der Waals surface area contributed by atoms with E-state index in [9.17, 15) is 0 Å². The first-order chi connectivity index (χ1) is 9.11. The second kappa shape index (κ2) is 6.13. The van der Waals surface area contributed by atoms with Gasteiger partial charge in [0.2, 0.25) is 0 Å². The normalized spacial score (nSPS) is 12.7. The molecule has 0 bridgehead atoms. The van der Waals surface area contributed by atoms with Crippen LogP contribution in [0.5, 0.6) is 0 Å². The Morgan fingerprint density at radius 2 is 1.79 bits per heavy atom. The standard InChI is InChI=1S/C15H17ClN2O/c1-10(2)12-9-13(16)18-15(17-12)14(19-3)11-7-5-4-6-8-11/h4-10,14H,1-3H3. The minimum atomic E-state index is -0.294. The van der Waals surface area contributed by atoms with Crippen LogP contribution in [0.4, 0.5) is 0 Å². The van der Waals surface area contributed by atoms with Gasteiger partial charge in [0.25, 0.3) is 0 Å². The SMILES string of the molecule is COC(c1ccccc1)c1nc(Cl)cc(C(C)C)n1. The number of rotatable bonds is 4. The van der Waals surface area contributed by atoms with Crippen molar-refractivity contribution in [2.75, 3.05) is 7.11 Å². The van der Waals surface area contributed by atoms with E-state index in [1.54, 1.807) is 13.2 Å². The molecule has 0 saturated carbocycles. The maximum atomic E-state index is 6.08. The fourth-order valence-corrected chi connectivity index (χ4v) is 2.08. The van der Waals surface area contributed by atoms with Gasteiger partial charge in [-0.05, 0) is 17.5 Å². The molecule has 19 heavy (non-hydrogen) atoms. The summed E-state index contributed by atoms with van der Waals surface area (Å²) in [5.74, 6) is 0.900. The number of hydrogen-bond donors (Lipinski definition) is 0. The molecule has 0 aliphatic heterocycles. The minimum absolute atomic E-state index is 0.294. The largest absolute Gasteiger partial charge is 0.369 e. The minimum Gasteiger partial charge on any atom is -0.369 e. The highest BCUT2D eigenvalue weighted by atomic mass is 35.5. The van der Waals surface area contributed by atoms with Crippen LogP contribution in [0, 0.1) is 0 Å². The lowest BCUT2D eigenvalue weighted by atomic mass is 10.1. The summed E-state index contributed by atoms with van der Waals surface area (Å²) >= 11 is 6.08. The van der Waals surface area contributed by atoms with Gasteiger partial charge >= 0.3 is 0 Å². The Morgan fingerprint density at radius 1 is 1.11 bits per heavy atom. The van der Waals surface area contributed by atoms with Crippen LogP contribution < -0.4 is 0 Å². The van der Waals surface area contributed by atoms with Crippen LogP contribution in [-0.4, -0.2) is 17.1 Å². The lowest BCUT2D eigenvalue weighted by Gasteiger charge is -2.16. The van der Waals surface area contributed by atoms with Crippen molar-refractivity contribution < 1.29 is 4.74 Å². The maximum Gasteiger partial charge on any atom is 0.163 e. The molecule has 1 aromatic carbocycles. The average molecular weight is 277 g/mol. The average Bonchev–Trinajstić information content (AvgIpc) is 2.40. The predicted octanol–water partition coefficient (Wildman–Crippen LogP) is 3.99. The second-order valence-electron chi connectivity index (χ2n) is 4.65. The van der Waals surface area contributed by atoms with Crippen LogP contribution in [0.1, 0.15) is 43.0 Å². The van der Waals surface area contributed by atoms with E-state index in [1.165, 1.54) is 0 Å². The highest BCUT2D eigenvalue weighted by Gasteiger charge is 2.18. The molecule has 0 amide bonds. The molecule has 100 valence electrons. The molecule has 1 aromatic heterocycles. The van der Waals surface area contributed by atoms with Crippen LogP contribution >= 0.6 is 11.6 Å². The zero-order valence-corrected chi connectivity index (χ0v) is 12.1. The number of benzene rings is 1. The van der Waals surface area contributed by atoms with Crippen LogP contribution in [0.15, 0.2) is 36.4 Å². The molecular weight excluding hydrogens is 260 g/mol. The van der Waals surface area contributed by atoms with Gasteiger partial charge in [-0.25, -0.2) is 9.97 Å². The quantitative estimate of drug-likeness (QED) is 0.792. The van der Waals surface area contributed by atoms with Crippen molar-refractivity contribution in [3.63, 3.8) is 0 Å². The van der Waals surface area contributed by atoms with Crippen molar-refractivity contribution in [3.05, 3.63) is 58.6 Å². The molecule has 0 spiro atoms. The number of ether oxygens (including phenoxy) is 1. The molecule has 1 atom stereocenters. The summed E-state index contributed by atoms with van der Waals surface area (Å²) in [6.07, 6.45) is -0.294. The van der Waals surface area contributed by atoms with E-state index in [1.807, 2.05) is 30.3 Å². The molecule has 1 heterocycles. The lowest BCUT2D eigenvalue weighted by Crippen LogP contribution is -2.10. The monoisotopic (exact) mass is 276 g/mol. The summed E-state index contributed by atoms with van der Waals surface area (Å²) in [7, 11) is 1.65. The first kappa shape index (κ1) is 14.0. The van der Waals surface area contributed by atoms with Gasteiger partial charge in [-0.2, -0.15) is 0 Å². The van der Waals surface area contributed by atoms with Crippen molar-refractivity contribution in [1.29, 1.82) is 0 Å². The summed E-state index contributed by atoms with van der Waals surface area (Å²) in [4.78, 5) is 8.85. The maximum absolute atomic E-state index is 6.08. The van der Waals surface area contributed by atoms with E-state index in [0.29, 0.717) is 16.9 Å². The summed E-state index contributed by atoms with van der Waals surface area (Å²) in [5.41, 5.74) is 1.94. The Hall–Kier alpha value is -1.45. The Bertz CT molecular complexity index is 543. The van der Waals surface area contributed by atoms with Crippen LogP contribution in [-0.2, 0) is 4.74 Å². The van der Waals surface area contributed by atoms with Crippen molar-refractivity contribution in [1.82, 2.24) is 9.97 Å². The number of halogens is 1. The summed E-state index contributed by atoms with van der Waals surface area (Å²) in [5, 5.41) is 0.451. The third-order valence-electron chi connectivity index (χ3n) is 2.90. The Morgan fingerprint density at radius 3 is 2.37 bits per heavy atom. The van der Waals surface area contributed by atoms with Crippen molar-refractivity contribution in [3.8, 4) is 0 Å². The lowest BCUT2D eigenvalue weighted by molar-refractivity contribution is 0.128. The van der Waals surface area contributed by atoms with Gasteiger partial charge in [-0.1, -0.05) is 55.8 Å². The van der Waals surface area contributed by atoms with Crippen LogP contribution in [0.25, 0.3) is 0 Å². The number of hydrogen-bond acceptors (Lipinski definition) is 3. The summed E-state index contributed by atoms with van der Waals surface area (Å²) in [6.45, 7) is 4.15. The van der Waals surface area contributed by atoms with Gasteiger partial charge in [-0.3, -0.25) is 0 Å². The Labute approximate surface area is 118 Å². The highest BCUT2D eigenvalue weighted by molar-refractivity contribution is 6.29. The zero-order valence-electron chi connectivity index (χ0n) is 11.3. The van der Waals surface area contributed by atoms with E-state index in [4.69, 9.17) is 16.3 Å². The third-order valence-corrected chi connectivity index (χ3v) is 3.09. The fourth-order valence-electron chi connectivity index (χ4n) is 1.88. The molecule has 2 rings (SSSR count). The topological polar surface area (TPSA) is 35.0 Å². The molecule has 0 radical (unpaired) electrons. The highest BCUT2D eigenvalue weighted by Crippen LogP contribution is 2.25. The zero-order chi connectivity index (χ0) is 13.8. The Kier molecular flexibility index (Phi) is 4.51. The van der Waals surface area contributed by atoms with Crippen molar-refractivity contribution in [2.45, 2.75) is 25.9 Å². The third kappa shape index (κ3) is 3.31. The molecule has 0 saturated heterocycles. The van der Waals surface area contributed by atoms with E-state index in [2.05, 4.69) is 23.8 Å². The molecule has 2 aromatic rings. The summed E-state index contributed by atoms with van der Waals surface area (Å²) in [6, 6.07) is 11.7. The van der Waals surface area contributed by atoms with Crippen LogP contribution in [0.2, 0.25) is 5.15 Å². The van der Waals surface area contributed by atoms with E-state index < -0.39 is 0 Å². The van der Waals surface area contributed by atoms with Gasteiger partial charge in [0.05, 0.1) is 0 Å². The molecule has 3 nitrogen and oxygen atoms in total. The van der Waals surface area contributed by atoms with Gasteiger partial charge < -0.3 is 4.74 Å². The second-order valence-corrected chi connectivity index (χ2v) is 5.04. The van der Waals surface area contributed by atoms with Gasteiger partial charge in [-0.15, -0.1) is 0 Å². The van der Waals surface area contributed by atoms with Gasteiger partial charge in [0.15, 0.2) is 5.82 Å². The molecule has 0 aliphatic rings. The molecular formula is C15H17ClN2O. The molecule has 0 N–H and O–H groups in total. The van der Waals surface area contributed by atoms with Crippen molar-refractivity contribution >= 4 is 11.6 Å². The van der Waals surface area contributed by atoms with Gasteiger partial charge in [0.1, 0.15) is 11.3 Å². The number of aromatic nitrogens is 2. The smallest absolute Gasteiger partial charge is 0.163 e. The summed E-state index contributed by atoms with van der Waals surface area (Å²) < 4.78 is 5.53. The van der Waals surface area contributed by atoms with Crippen LogP contribution in [0.3, 0.4) is 0 Å². The fraction of sp³-hybridized carbons (Fsp3) is 0.333. The molecule has 1 unspecified atom stereocenters. The number of nitrogens with zero attached hydrogens (tertiary/aromatic N) is 2. The van der Waals surface area contributed by atoms with Crippen molar-refractivity contribution in [2.24, 2.45) is 0 Å². The first-order valence-electron chi connectivity index (χ1n) is 6.24. The molecule has 0 fully saturated rings. The number of methoxy groups -OCH3 is 1. The molecule has 4 heteroatoms. The van der Waals surface area contributed by atoms with E-state index in [0.717, 1.165) is 11.3 Å². The molecule has 0 aliphatic carbocycles. The van der Waals surface area contributed by atoms with E-state index >= 15 is 0 Å². The Balaban J connectivity index is 2.44. The first-order valence-corrected chi connectivity index (χ1v) is 6.61. The predicted molar refractivity (Wildman–Crippen MR) is 76.4 cm³/mol. The van der Waals surface area contributed by atoms with Gasteiger partial charge in [0, 0.05) is 12.8 Å².